The number of hydrogen-bond acceptors (Lipinski definition) is 5. The van der Waals surface area contributed by atoms with E-state index in [1.165, 1.54) is 0 Å². The Balaban J connectivity index is 2.11. The fourth-order valence-electron chi connectivity index (χ4n) is 3.10. The van der Waals surface area contributed by atoms with Crippen molar-refractivity contribution in [1.29, 1.82) is 0 Å². The summed E-state index contributed by atoms with van der Waals surface area (Å²) in [5.74, 6) is 0.872. The molecule has 0 radical (unpaired) electrons. The number of aromatic nitrogens is 5. The first-order valence-electron chi connectivity index (χ1n) is 9.50. The first-order chi connectivity index (χ1) is 13.4. The van der Waals surface area contributed by atoms with Crippen LogP contribution in [0.4, 0.5) is 0 Å². The van der Waals surface area contributed by atoms with Gasteiger partial charge in [0.25, 0.3) is 0 Å². The Kier molecular flexibility index (Phi) is 5.25. The zero-order valence-electron chi connectivity index (χ0n) is 18.0. The van der Waals surface area contributed by atoms with Crippen LogP contribution in [0.3, 0.4) is 0 Å². The van der Waals surface area contributed by atoms with Gasteiger partial charge >= 0.3 is 0 Å². The molecule has 0 aliphatic heterocycles. The van der Waals surface area contributed by atoms with Gasteiger partial charge in [-0.25, -0.2) is 5.10 Å². The third-order valence-electron chi connectivity index (χ3n) is 4.66. The zero-order valence-corrected chi connectivity index (χ0v) is 18.8. The quantitative estimate of drug-likeness (QED) is 0.424. The molecule has 154 valence electrons. The number of rotatable bonds is 3. The van der Waals surface area contributed by atoms with E-state index in [9.17, 15) is 5.11 Å². The minimum atomic E-state index is -0.211. The highest BCUT2D eigenvalue weighted by Crippen LogP contribution is 2.39. The Morgan fingerprint density at radius 2 is 1.59 bits per heavy atom. The predicted molar refractivity (Wildman–Crippen MR) is 118 cm³/mol. The summed E-state index contributed by atoms with van der Waals surface area (Å²) in [6.07, 6.45) is 1.73. The largest absolute Gasteiger partial charge is 0.507 e. The lowest BCUT2D eigenvalue weighted by Crippen LogP contribution is -2.18. The maximum absolute atomic E-state index is 10.9. The van der Waals surface area contributed by atoms with E-state index in [2.05, 4.69) is 67.0 Å². The molecule has 2 aromatic heterocycles. The standard InChI is InChI=1S/C21H28N6OS/c1-12-8-16(24-23-12)18-25-26-19(29)27(18)22-11-13-9-14(20(2,3)4)17(28)15(10-13)21(5,6)7/h8-11,28H,1-7H3,(H,23,24)(H,26,29)/b22-11+. The summed E-state index contributed by atoms with van der Waals surface area (Å²) < 4.78 is 1.92. The molecule has 0 aliphatic rings. The molecule has 3 rings (SSSR count). The highest BCUT2D eigenvalue weighted by atomic mass is 32.1. The summed E-state index contributed by atoms with van der Waals surface area (Å²) in [6, 6.07) is 5.82. The van der Waals surface area contributed by atoms with E-state index in [4.69, 9.17) is 12.2 Å². The lowest BCUT2D eigenvalue weighted by Gasteiger charge is -2.27. The van der Waals surface area contributed by atoms with Gasteiger partial charge in [0.2, 0.25) is 10.6 Å². The van der Waals surface area contributed by atoms with Crippen molar-refractivity contribution in [2.24, 2.45) is 5.10 Å². The second kappa shape index (κ2) is 7.26. The van der Waals surface area contributed by atoms with Gasteiger partial charge in [-0.2, -0.15) is 20.0 Å². The Hall–Kier alpha value is -2.74. The molecule has 0 unspecified atom stereocenters. The van der Waals surface area contributed by atoms with Crippen LogP contribution < -0.4 is 0 Å². The van der Waals surface area contributed by atoms with Gasteiger partial charge in [-0.1, -0.05) is 41.5 Å². The van der Waals surface area contributed by atoms with Gasteiger partial charge in [0.15, 0.2) is 0 Å². The van der Waals surface area contributed by atoms with E-state index in [0.29, 0.717) is 22.0 Å². The normalized spacial score (nSPS) is 12.8. The van der Waals surface area contributed by atoms with Crippen molar-refractivity contribution in [1.82, 2.24) is 25.1 Å². The molecule has 2 heterocycles. The van der Waals surface area contributed by atoms with Crippen LogP contribution in [0.5, 0.6) is 5.75 Å². The summed E-state index contributed by atoms with van der Waals surface area (Å²) in [5.41, 5.74) is 3.80. The molecule has 0 amide bonds. The summed E-state index contributed by atoms with van der Waals surface area (Å²) in [5, 5.41) is 29.6. The van der Waals surface area contributed by atoms with Gasteiger partial charge in [-0.3, -0.25) is 5.10 Å². The Labute approximate surface area is 175 Å². The number of nitrogens with zero attached hydrogens (tertiary/aromatic N) is 4. The number of phenolic OH excluding ortho intramolecular Hbond substituents is 1. The molecule has 0 spiro atoms. The van der Waals surface area contributed by atoms with E-state index < -0.39 is 0 Å². The molecular weight excluding hydrogens is 384 g/mol. The van der Waals surface area contributed by atoms with Crippen molar-refractivity contribution >= 4 is 18.4 Å². The first-order valence-corrected chi connectivity index (χ1v) is 9.91. The monoisotopic (exact) mass is 412 g/mol. The molecule has 0 bridgehead atoms. The van der Waals surface area contributed by atoms with E-state index in [1.54, 1.807) is 10.9 Å². The maximum Gasteiger partial charge on any atom is 0.216 e. The average Bonchev–Trinajstić information content (AvgIpc) is 3.17. The molecule has 0 fully saturated rings. The minimum absolute atomic E-state index is 0.211. The molecule has 0 saturated heterocycles. The highest BCUT2D eigenvalue weighted by molar-refractivity contribution is 7.71. The smallest absolute Gasteiger partial charge is 0.216 e. The predicted octanol–water partition coefficient (Wildman–Crippen LogP) is 4.82. The summed E-state index contributed by atoms with van der Waals surface area (Å²) >= 11 is 5.34. The molecule has 0 saturated carbocycles. The van der Waals surface area contributed by atoms with Crippen LogP contribution >= 0.6 is 12.2 Å². The summed E-state index contributed by atoms with van der Waals surface area (Å²) in [6.45, 7) is 14.4. The Bertz CT molecular complexity index is 1090. The number of benzene rings is 1. The third-order valence-corrected chi connectivity index (χ3v) is 4.92. The number of aromatic hydroxyl groups is 1. The first kappa shape index (κ1) is 21.0. The van der Waals surface area contributed by atoms with Crippen molar-refractivity contribution in [2.45, 2.75) is 59.3 Å². The molecule has 8 heteroatoms. The number of hydrogen-bond donors (Lipinski definition) is 3. The van der Waals surface area contributed by atoms with E-state index in [0.717, 1.165) is 22.4 Å². The summed E-state index contributed by atoms with van der Waals surface area (Å²) in [7, 11) is 0. The van der Waals surface area contributed by atoms with Crippen molar-refractivity contribution in [3.63, 3.8) is 0 Å². The second-order valence-corrected chi connectivity index (χ2v) is 9.70. The lowest BCUT2D eigenvalue weighted by atomic mass is 9.78. The number of aryl methyl sites for hydroxylation is 1. The van der Waals surface area contributed by atoms with Gasteiger partial charge in [0.05, 0.1) is 6.21 Å². The molecule has 0 aliphatic carbocycles. The van der Waals surface area contributed by atoms with Crippen LogP contribution in [0.25, 0.3) is 11.5 Å². The topological polar surface area (TPSA) is 94.9 Å². The lowest BCUT2D eigenvalue weighted by molar-refractivity contribution is 0.423. The Morgan fingerprint density at radius 3 is 2.07 bits per heavy atom. The van der Waals surface area contributed by atoms with E-state index >= 15 is 0 Å². The van der Waals surface area contributed by atoms with Crippen molar-refractivity contribution < 1.29 is 5.11 Å². The zero-order chi connectivity index (χ0) is 21.6. The molecule has 0 atom stereocenters. The van der Waals surface area contributed by atoms with Gasteiger partial charge < -0.3 is 5.11 Å². The average molecular weight is 413 g/mol. The van der Waals surface area contributed by atoms with Crippen LogP contribution in [0.2, 0.25) is 0 Å². The molecule has 29 heavy (non-hydrogen) atoms. The SMILES string of the molecule is Cc1cc(-c2n[nH]c(=S)n2/N=C/c2cc(C(C)(C)C)c(O)c(C(C)(C)C)c2)n[nH]1. The third kappa shape index (κ3) is 4.32. The van der Waals surface area contributed by atoms with Crippen LogP contribution in [0, 0.1) is 11.7 Å². The maximum atomic E-state index is 10.9. The molecular formula is C21H28N6OS. The van der Waals surface area contributed by atoms with E-state index in [-0.39, 0.29) is 10.8 Å². The molecule has 3 N–H and O–H groups in total. The van der Waals surface area contributed by atoms with Crippen LogP contribution in [0.15, 0.2) is 23.3 Å². The number of aromatic amines is 2. The number of phenols is 1. The van der Waals surface area contributed by atoms with Crippen LogP contribution in [0.1, 0.15) is 63.9 Å². The fourth-order valence-corrected chi connectivity index (χ4v) is 3.28. The fraction of sp³-hybridized carbons (Fsp3) is 0.429. The van der Waals surface area contributed by atoms with Crippen molar-refractivity contribution in [3.05, 3.63) is 45.4 Å². The van der Waals surface area contributed by atoms with Crippen LogP contribution in [-0.2, 0) is 10.8 Å². The summed E-state index contributed by atoms with van der Waals surface area (Å²) in [4.78, 5) is 0. The molecule has 7 nitrogen and oxygen atoms in total. The highest BCUT2D eigenvalue weighted by Gasteiger charge is 2.26. The van der Waals surface area contributed by atoms with Gasteiger partial charge in [0.1, 0.15) is 11.4 Å². The molecule has 3 aromatic rings. The Morgan fingerprint density at radius 1 is 1.00 bits per heavy atom. The van der Waals surface area contributed by atoms with Gasteiger partial charge in [-0.05, 0) is 53.7 Å². The number of nitrogens with one attached hydrogen (secondary N) is 2. The second-order valence-electron chi connectivity index (χ2n) is 9.31. The van der Waals surface area contributed by atoms with Crippen molar-refractivity contribution in [3.8, 4) is 17.3 Å². The minimum Gasteiger partial charge on any atom is -0.507 e. The van der Waals surface area contributed by atoms with Gasteiger partial charge in [-0.15, -0.1) is 0 Å². The van der Waals surface area contributed by atoms with Crippen molar-refractivity contribution in [2.75, 3.05) is 0 Å². The molecule has 1 aromatic carbocycles. The van der Waals surface area contributed by atoms with Crippen LogP contribution in [-0.4, -0.2) is 36.4 Å². The number of H-pyrrole nitrogens is 2. The van der Waals surface area contributed by atoms with E-state index in [1.807, 2.05) is 25.1 Å². The van der Waals surface area contributed by atoms with Gasteiger partial charge in [0, 0.05) is 16.8 Å².